The Morgan fingerprint density at radius 3 is 1.08 bits per heavy atom. The van der Waals surface area contributed by atoms with E-state index < -0.39 is 0 Å². The summed E-state index contributed by atoms with van der Waals surface area (Å²) in [7, 11) is 0. The highest BCUT2D eigenvalue weighted by Crippen LogP contribution is 2.52. The van der Waals surface area contributed by atoms with Crippen LogP contribution in [0.4, 0.5) is 34.1 Å². The zero-order valence-corrected chi connectivity index (χ0v) is 30.5. The lowest BCUT2D eigenvalue weighted by molar-refractivity contribution is 0.465. The second kappa shape index (κ2) is 13.4. The molecular formula is C48H41BN2O2. The number of benzene rings is 7. The van der Waals surface area contributed by atoms with Gasteiger partial charge < -0.3 is 19.3 Å². The smallest absolute Gasteiger partial charge is 0.260 e. The van der Waals surface area contributed by atoms with Crippen LogP contribution in [0.3, 0.4) is 0 Å². The van der Waals surface area contributed by atoms with E-state index in [4.69, 9.17) is 9.47 Å². The number of anilines is 6. The standard InChI is InChI=1S/C48H41BN2O2/c1-32(2)34-25-27-44-40(29-34)49-41-30-35(33(3)4)26-28-45(41)53-48-43(51(38-21-13-7-14-22-38)39-23-15-8-16-24-39)31-42(47(52-44)46(48)49)50(36-17-9-5-10-18-36)37-19-11-6-12-20-37/h5-33H,1-4H3. The van der Waals surface area contributed by atoms with Gasteiger partial charge in [0.15, 0.2) is 11.5 Å². The molecule has 258 valence electrons. The molecule has 5 heteroatoms. The average molecular weight is 689 g/mol. The minimum absolute atomic E-state index is 0.120. The first-order valence-electron chi connectivity index (χ1n) is 18.6. The van der Waals surface area contributed by atoms with Gasteiger partial charge in [0, 0.05) is 28.2 Å². The van der Waals surface area contributed by atoms with Crippen LogP contribution in [0.5, 0.6) is 23.0 Å². The molecule has 0 radical (unpaired) electrons. The summed E-state index contributed by atoms with van der Waals surface area (Å²) in [5.41, 5.74) is 11.9. The van der Waals surface area contributed by atoms with Crippen LogP contribution in [0.15, 0.2) is 164 Å². The molecule has 0 spiro atoms. The number of nitrogens with zero attached hydrogens (tertiary/aromatic N) is 2. The van der Waals surface area contributed by atoms with E-state index in [2.05, 4.69) is 201 Å². The van der Waals surface area contributed by atoms with Crippen molar-refractivity contribution < 1.29 is 9.47 Å². The summed E-state index contributed by atoms with van der Waals surface area (Å²) in [5, 5.41) is 0. The molecule has 0 atom stereocenters. The van der Waals surface area contributed by atoms with Gasteiger partial charge in [0.1, 0.15) is 11.5 Å². The minimum atomic E-state index is -0.120. The molecule has 53 heavy (non-hydrogen) atoms. The maximum atomic E-state index is 7.21. The molecule has 0 unspecified atom stereocenters. The van der Waals surface area contributed by atoms with E-state index in [9.17, 15) is 0 Å². The first-order chi connectivity index (χ1) is 26.0. The summed E-state index contributed by atoms with van der Waals surface area (Å²) < 4.78 is 14.4. The average Bonchev–Trinajstić information content (AvgIpc) is 3.20. The van der Waals surface area contributed by atoms with Crippen LogP contribution in [-0.4, -0.2) is 6.71 Å². The molecule has 0 saturated heterocycles. The highest BCUT2D eigenvalue weighted by atomic mass is 16.5. The van der Waals surface area contributed by atoms with Gasteiger partial charge in [0.2, 0.25) is 0 Å². The molecule has 2 aliphatic rings. The van der Waals surface area contributed by atoms with Gasteiger partial charge in [0.05, 0.1) is 11.4 Å². The highest BCUT2D eigenvalue weighted by Gasteiger charge is 2.44. The highest BCUT2D eigenvalue weighted by molar-refractivity contribution is 6.98. The number of hydrogen-bond acceptors (Lipinski definition) is 4. The number of hydrogen-bond donors (Lipinski definition) is 0. The normalized spacial score (nSPS) is 12.4. The van der Waals surface area contributed by atoms with Crippen molar-refractivity contribution in [2.24, 2.45) is 0 Å². The maximum Gasteiger partial charge on any atom is 0.260 e. The van der Waals surface area contributed by atoms with Gasteiger partial charge in [-0.1, -0.05) is 125 Å². The van der Waals surface area contributed by atoms with Crippen molar-refractivity contribution >= 4 is 57.2 Å². The molecule has 4 nitrogen and oxygen atoms in total. The first kappa shape index (κ1) is 32.7. The van der Waals surface area contributed by atoms with Crippen LogP contribution in [0.25, 0.3) is 0 Å². The van der Waals surface area contributed by atoms with Crippen molar-refractivity contribution in [2.75, 3.05) is 9.80 Å². The van der Waals surface area contributed by atoms with Gasteiger partial charge in [-0.25, -0.2) is 0 Å². The molecule has 0 N–H and O–H groups in total. The van der Waals surface area contributed by atoms with Crippen LogP contribution >= 0.6 is 0 Å². The van der Waals surface area contributed by atoms with Gasteiger partial charge >= 0.3 is 0 Å². The van der Waals surface area contributed by atoms with E-state index >= 15 is 0 Å². The van der Waals surface area contributed by atoms with Crippen molar-refractivity contribution in [1.82, 2.24) is 0 Å². The summed E-state index contributed by atoms with van der Waals surface area (Å²) in [4.78, 5) is 4.63. The lowest BCUT2D eigenvalue weighted by atomic mass is 9.34. The number of fused-ring (bicyclic) bond motifs is 4. The zero-order valence-electron chi connectivity index (χ0n) is 30.5. The van der Waals surface area contributed by atoms with Gasteiger partial charge in [0.25, 0.3) is 6.71 Å². The Bertz CT molecular complexity index is 2170. The fourth-order valence-electron chi connectivity index (χ4n) is 7.80. The van der Waals surface area contributed by atoms with Crippen LogP contribution in [0, 0.1) is 0 Å². The Morgan fingerprint density at radius 1 is 0.415 bits per heavy atom. The van der Waals surface area contributed by atoms with Crippen LogP contribution in [0.2, 0.25) is 0 Å². The van der Waals surface area contributed by atoms with Crippen LogP contribution in [0.1, 0.15) is 50.7 Å². The van der Waals surface area contributed by atoms with E-state index in [0.29, 0.717) is 11.8 Å². The third-order valence-corrected chi connectivity index (χ3v) is 10.5. The maximum absolute atomic E-state index is 7.21. The molecular weight excluding hydrogens is 647 g/mol. The summed E-state index contributed by atoms with van der Waals surface area (Å²) in [6, 6.07) is 58.0. The summed E-state index contributed by atoms with van der Waals surface area (Å²) >= 11 is 0. The third-order valence-electron chi connectivity index (χ3n) is 10.5. The van der Waals surface area contributed by atoms with Crippen molar-refractivity contribution in [3.05, 3.63) is 175 Å². The SMILES string of the molecule is CC(C)c1ccc2c(c1)B1c3cc(C(C)C)ccc3Oc3c(N(c4ccccc4)c4ccccc4)cc(N(c4ccccc4)c4ccccc4)c(c31)O2. The van der Waals surface area contributed by atoms with Gasteiger partial charge in [-0.15, -0.1) is 0 Å². The van der Waals surface area contributed by atoms with Gasteiger partial charge in [-0.05, 0) is 101 Å². The van der Waals surface area contributed by atoms with Gasteiger partial charge in [-0.3, -0.25) is 0 Å². The van der Waals surface area contributed by atoms with Crippen molar-refractivity contribution in [3.8, 4) is 23.0 Å². The van der Waals surface area contributed by atoms with Crippen LogP contribution < -0.4 is 35.7 Å². The van der Waals surface area contributed by atoms with Crippen molar-refractivity contribution in [3.63, 3.8) is 0 Å². The van der Waals surface area contributed by atoms with E-state index in [1.54, 1.807) is 0 Å². The molecule has 0 bridgehead atoms. The Balaban J connectivity index is 1.42. The predicted octanol–water partition coefficient (Wildman–Crippen LogP) is 11.6. The quantitative estimate of drug-likeness (QED) is 0.148. The number of para-hydroxylation sites is 4. The van der Waals surface area contributed by atoms with E-state index in [0.717, 1.165) is 73.5 Å². The third kappa shape index (κ3) is 5.73. The number of rotatable bonds is 8. The summed E-state index contributed by atoms with van der Waals surface area (Å²) in [5.74, 6) is 4.07. The second-order valence-electron chi connectivity index (χ2n) is 14.5. The molecule has 2 aliphatic heterocycles. The molecule has 0 fully saturated rings. The molecule has 0 saturated carbocycles. The molecule has 7 aromatic carbocycles. The van der Waals surface area contributed by atoms with Crippen LogP contribution in [-0.2, 0) is 0 Å². The van der Waals surface area contributed by atoms with E-state index in [-0.39, 0.29) is 6.71 Å². The van der Waals surface area contributed by atoms with E-state index in [1.807, 2.05) is 0 Å². The predicted molar refractivity (Wildman–Crippen MR) is 222 cm³/mol. The molecule has 0 aliphatic carbocycles. The molecule has 9 rings (SSSR count). The Kier molecular flexibility index (Phi) is 8.27. The lowest BCUT2D eigenvalue weighted by Gasteiger charge is -2.39. The second-order valence-corrected chi connectivity index (χ2v) is 14.5. The summed E-state index contributed by atoms with van der Waals surface area (Å²) in [6.07, 6.45) is 0. The Morgan fingerprint density at radius 2 is 0.755 bits per heavy atom. The molecule has 7 aromatic rings. The van der Waals surface area contributed by atoms with E-state index in [1.165, 1.54) is 11.1 Å². The lowest BCUT2D eigenvalue weighted by Crippen LogP contribution is -2.58. The Labute approximate surface area is 313 Å². The molecule has 0 amide bonds. The fraction of sp³-hybridized carbons (Fsp3) is 0.125. The first-order valence-corrected chi connectivity index (χ1v) is 18.6. The molecule has 2 heterocycles. The minimum Gasteiger partial charge on any atom is -0.456 e. The largest absolute Gasteiger partial charge is 0.456 e. The fourth-order valence-corrected chi connectivity index (χ4v) is 7.80. The monoisotopic (exact) mass is 688 g/mol. The van der Waals surface area contributed by atoms with Crippen molar-refractivity contribution in [1.29, 1.82) is 0 Å². The molecule has 0 aromatic heterocycles. The van der Waals surface area contributed by atoms with Crippen molar-refractivity contribution in [2.45, 2.75) is 39.5 Å². The number of ether oxygens (including phenoxy) is 2. The summed E-state index contributed by atoms with van der Waals surface area (Å²) in [6.45, 7) is 8.90. The topological polar surface area (TPSA) is 24.9 Å². The Hall–Kier alpha value is -6.20. The van der Waals surface area contributed by atoms with Gasteiger partial charge in [-0.2, -0.15) is 0 Å². The zero-order chi connectivity index (χ0) is 36.1.